The average molecular weight is 486 g/mol. The molecule has 0 N–H and O–H groups in total. The number of nitrogens with zero attached hydrogens (tertiary/aromatic N) is 3. The van der Waals surface area contributed by atoms with E-state index in [0.717, 1.165) is 31.2 Å². The van der Waals surface area contributed by atoms with E-state index in [1.165, 1.54) is 27.3 Å². The van der Waals surface area contributed by atoms with E-state index < -0.39 is 10.0 Å². The number of benzene rings is 2. The van der Waals surface area contributed by atoms with Crippen LogP contribution in [-0.2, 0) is 22.9 Å². The van der Waals surface area contributed by atoms with Gasteiger partial charge in [0.1, 0.15) is 16.5 Å². The highest BCUT2D eigenvalue weighted by Crippen LogP contribution is 2.28. The zero-order chi connectivity index (χ0) is 23.0. The molecule has 1 amide bonds. The summed E-state index contributed by atoms with van der Waals surface area (Å²) in [4.78, 5) is 19.2. The lowest BCUT2D eigenvalue weighted by Crippen LogP contribution is -2.50. The standard InChI is InChI=1S/C24H24FN3O3S2/c25-21-8-4-3-7-20(21)23-26-22(16-32-23)24(29)27-11-13-28(14-12-27)33(30,31)19-10-9-17-5-1-2-6-18(17)15-19/h3-4,7-10,15-16H,1-2,5-6,11-14H2. The van der Waals surface area contributed by atoms with Gasteiger partial charge >= 0.3 is 0 Å². The first-order valence-electron chi connectivity index (χ1n) is 11.0. The molecule has 1 saturated heterocycles. The number of amides is 1. The molecule has 1 aliphatic carbocycles. The Morgan fingerprint density at radius 2 is 1.70 bits per heavy atom. The number of aryl methyl sites for hydroxylation is 2. The molecule has 0 spiro atoms. The molecule has 1 aliphatic heterocycles. The molecule has 1 fully saturated rings. The fourth-order valence-electron chi connectivity index (χ4n) is 4.44. The molecule has 9 heteroatoms. The number of hydrogen-bond acceptors (Lipinski definition) is 5. The van der Waals surface area contributed by atoms with Crippen molar-refractivity contribution < 1.29 is 17.6 Å². The van der Waals surface area contributed by atoms with E-state index in [0.29, 0.717) is 15.5 Å². The van der Waals surface area contributed by atoms with Crippen molar-refractivity contribution in [1.82, 2.24) is 14.2 Å². The Balaban J connectivity index is 1.26. The maximum absolute atomic E-state index is 14.0. The average Bonchev–Trinajstić information content (AvgIpc) is 3.33. The van der Waals surface area contributed by atoms with Crippen LogP contribution >= 0.6 is 11.3 Å². The van der Waals surface area contributed by atoms with Gasteiger partial charge in [-0.15, -0.1) is 11.3 Å². The van der Waals surface area contributed by atoms with Crippen LogP contribution in [0.1, 0.15) is 34.5 Å². The minimum Gasteiger partial charge on any atom is -0.335 e. The van der Waals surface area contributed by atoms with Crippen LogP contribution in [0.15, 0.2) is 52.7 Å². The number of hydrogen-bond donors (Lipinski definition) is 0. The van der Waals surface area contributed by atoms with Crippen molar-refractivity contribution in [2.24, 2.45) is 0 Å². The van der Waals surface area contributed by atoms with Crippen molar-refractivity contribution >= 4 is 27.3 Å². The second-order valence-corrected chi connectivity index (χ2v) is 11.1. The fraction of sp³-hybridized carbons (Fsp3) is 0.333. The molecule has 2 aromatic carbocycles. The smallest absolute Gasteiger partial charge is 0.273 e. The lowest BCUT2D eigenvalue weighted by atomic mass is 9.92. The van der Waals surface area contributed by atoms with Crippen LogP contribution < -0.4 is 0 Å². The largest absolute Gasteiger partial charge is 0.335 e. The van der Waals surface area contributed by atoms with Gasteiger partial charge in [-0.3, -0.25) is 4.79 Å². The quantitative estimate of drug-likeness (QED) is 0.561. The van der Waals surface area contributed by atoms with Crippen LogP contribution in [0.3, 0.4) is 0 Å². The first-order chi connectivity index (χ1) is 15.9. The summed E-state index contributed by atoms with van der Waals surface area (Å²) in [5, 5.41) is 2.07. The molecule has 5 rings (SSSR count). The van der Waals surface area contributed by atoms with Crippen molar-refractivity contribution in [2.45, 2.75) is 30.6 Å². The molecule has 2 heterocycles. The Morgan fingerprint density at radius 1 is 0.970 bits per heavy atom. The predicted molar refractivity (Wildman–Crippen MR) is 125 cm³/mol. The third-order valence-electron chi connectivity index (χ3n) is 6.31. The summed E-state index contributed by atoms with van der Waals surface area (Å²) in [7, 11) is -3.61. The Morgan fingerprint density at radius 3 is 2.45 bits per heavy atom. The van der Waals surface area contributed by atoms with E-state index in [4.69, 9.17) is 0 Å². The zero-order valence-electron chi connectivity index (χ0n) is 18.0. The number of carbonyl (C=O) groups excluding carboxylic acids is 1. The molecule has 0 radical (unpaired) electrons. The van der Waals surface area contributed by atoms with Crippen molar-refractivity contribution in [1.29, 1.82) is 0 Å². The van der Waals surface area contributed by atoms with Gasteiger partial charge in [0.2, 0.25) is 10.0 Å². The number of thiazole rings is 1. The maximum Gasteiger partial charge on any atom is 0.273 e. The highest BCUT2D eigenvalue weighted by atomic mass is 32.2. The van der Waals surface area contributed by atoms with Gasteiger partial charge in [-0.25, -0.2) is 17.8 Å². The maximum atomic E-state index is 14.0. The summed E-state index contributed by atoms with van der Waals surface area (Å²) in [6.45, 7) is 1.04. The molecule has 33 heavy (non-hydrogen) atoms. The van der Waals surface area contributed by atoms with E-state index >= 15 is 0 Å². The lowest BCUT2D eigenvalue weighted by molar-refractivity contribution is 0.0693. The molecule has 172 valence electrons. The predicted octanol–water partition coefficient (Wildman–Crippen LogP) is 3.97. The number of fused-ring (bicyclic) bond motifs is 1. The van der Waals surface area contributed by atoms with Gasteiger partial charge in [-0.05, 0) is 61.1 Å². The Bertz CT molecular complexity index is 1300. The van der Waals surface area contributed by atoms with Crippen LogP contribution in [0.5, 0.6) is 0 Å². The van der Waals surface area contributed by atoms with Gasteiger partial charge < -0.3 is 4.90 Å². The minimum atomic E-state index is -3.61. The van der Waals surface area contributed by atoms with Crippen molar-refractivity contribution in [3.8, 4) is 10.6 Å². The van der Waals surface area contributed by atoms with Crippen LogP contribution in [0, 0.1) is 5.82 Å². The summed E-state index contributed by atoms with van der Waals surface area (Å²) in [5.41, 5.74) is 2.99. The van der Waals surface area contributed by atoms with Crippen molar-refractivity contribution in [2.75, 3.05) is 26.2 Å². The van der Waals surface area contributed by atoms with E-state index in [2.05, 4.69) is 4.98 Å². The third-order valence-corrected chi connectivity index (χ3v) is 9.08. The number of aromatic nitrogens is 1. The Kier molecular flexibility index (Phi) is 6.03. The second kappa shape index (κ2) is 8.96. The summed E-state index contributed by atoms with van der Waals surface area (Å²) >= 11 is 1.22. The number of piperazine rings is 1. The van der Waals surface area contributed by atoms with Crippen LogP contribution in [0.2, 0.25) is 0 Å². The number of halogens is 1. The van der Waals surface area contributed by atoms with Crippen LogP contribution in [-0.4, -0.2) is 54.7 Å². The monoisotopic (exact) mass is 485 g/mol. The molecule has 0 atom stereocenters. The van der Waals surface area contributed by atoms with Crippen LogP contribution in [0.4, 0.5) is 4.39 Å². The van der Waals surface area contributed by atoms with Gasteiger partial charge in [0.05, 0.1) is 4.90 Å². The molecule has 3 aromatic rings. The Labute approximate surface area is 196 Å². The molecule has 6 nitrogen and oxygen atoms in total. The number of carbonyl (C=O) groups is 1. The lowest BCUT2D eigenvalue weighted by Gasteiger charge is -2.33. The molecule has 0 bridgehead atoms. The highest BCUT2D eigenvalue weighted by molar-refractivity contribution is 7.89. The highest BCUT2D eigenvalue weighted by Gasteiger charge is 2.31. The van der Waals surface area contributed by atoms with E-state index in [-0.39, 0.29) is 43.6 Å². The summed E-state index contributed by atoms with van der Waals surface area (Å²) < 4.78 is 41.9. The SMILES string of the molecule is O=C(c1csc(-c2ccccc2F)n1)N1CCN(S(=O)(=O)c2ccc3c(c2)CCCC3)CC1. The molecule has 0 unspecified atom stereocenters. The molecule has 1 aromatic heterocycles. The second-order valence-electron chi connectivity index (χ2n) is 8.35. The summed E-state index contributed by atoms with van der Waals surface area (Å²) in [6, 6.07) is 11.8. The molecular weight excluding hydrogens is 461 g/mol. The molecule has 2 aliphatic rings. The first kappa shape index (κ1) is 22.2. The van der Waals surface area contributed by atoms with Crippen molar-refractivity contribution in [3.05, 3.63) is 70.5 Å². The van der Waals surface area contributed by atoms with E-state index in [1.54, 1.807) is 34.5 Å². The van der Waals surface area contributed by atoms with Gasteiger partial charge in [0.25, 0.3) is 5.91 Å². The Hall–Kier alpha value is -2.62. The molecule has 0 saturated carbocycles. The third kappa shape index (κ3) is 4.32. The minimum absolute atomic E-state index is 0.232. The fourth-order valence-corrected chi connectivity index (χ4v) is 6.74. The van der Waals surface area contributed by atoms with Gasteiger partial charge in [-0.1, -0.05) is 18.2 Å². The zero-order valence-corrected chi connectivity index (χ0v) is 19.7. The van der Waals surface area contributed by atoms with E-state index in [1.807, 2.05) is 12.1 Å². The van der Waals surface area contributed by atoms with Crippen molar-refractivity contribution in [3.63, 3.8) is 0 Å². The number of sulfonamides is 1. The normalized spacial score (nSPS) is 17.1. The van der Waals surface area contributed by atoms with Crippen LogP contribution in [0.25, 0.3) is 10.6 Å². The van der Waals surface area contributed by atoms with Gasteiger partial charge in [0.15, 0.2) is 0 Å². The summed E-state index contributed by atoms with van der Waals surface area (Å²) in [5.74, 6) is -0.647. The van der Waals surface area contributed by atoms with Gasteiger partial charge in [0, 0.05) is 37.1 Å². The number of rotatable bonds is 4. The van der Waals surface area contributed by atoms with E-state index in [9.17, 15) is 17.6 Å². The first-order valence-corrected chi connectivity index (χ1v) is 13.4. The van der Waals surface area contributed by atoms with Gasteiger partial charge in [-0.2, -0.15) is 4.31 Å². The molecular formula is C24H24FN3O3S2. The summed E-state index contributed by atoms with van der Waals surface area (Å²) in [6.07, 6.45) is 4.16. The topological polar surface area (TPSA) is 70.6 Å².